The van der Waals surface area contributed by atoms with Crippen LogP contribution in [0.15, 0.2) is 0 Å². The summed E-state index contributed by atoms with van der Waals surface area (Å²) in [6.07, 6.45) is 1.17. The van der Waals surface area contributed by atoms with Gasteiger partial charge in [0.05, 0.1) is 0 Å². The van der Waals surface area contributed by atoms with Crippen LogP contribution < -0.4 is 0 Å². The van der Waals surface area contributed by atoms with Crippen molar-refractivity contribution in [1.29, 1.82) is 0 Å². The Balaban J connectivity index is 2.26. The summed E-state index contributed by atoms with van der Waals surface area (Å²) in [5.74, 6) is 0.0244. The van der Waals surface area contributed by atoms with E-state index in [0.29, 0.717) is 0 Å². The second kappa shape index (κ2) is 3.22. The molecule has 0 aliphatic carbocycles. The summed E-state index contributed by atoms with van der Waals surface area (Å²) in [4.78, 5) is 12.5. The molecular formula is C8H15NO2. The zero-order valence-corrected chi connectivity index (χ0v) is 7.08. The predicted octanol–water partition coefficient (Wildman–Crippen LogP) is 0.801. The number of hydrogen-bond donors (Lipinski definition) is 1. The van der Waals surface area contributed by atoms with Crippen LogP contribution in [-0.4, -0.2) is 35.1 Å². The van der Waals surface area contributed by atoms with Gasteiger partial charge in [0.25, 0.3) is 0 Å². The number of rotatable bonds is 3. The van der Waals surface area contributed by atoms with E-state index >= 15 is 0 Å². The van der Waals surface area contributed by atoms with Crippen LogP contribution in [0.2, 0.25) is 0 Å². The first kappa shape index (κ1) is 8.53. The topological polar surface area (TPSA) is 40.5 Å². The van der Waals surface area contributed by atoms with Crippen LogP contribution in [0.4, 0.5) is 0 Å². The third-order valence-corrected chi connectivity index (χ3v) is 2.47. The van der Waals surface area contributed by atoms with Gasteiger partial charge in [0.2, 0.25) is 0 Å². The van der Waals surface area contributed by atoms with E-state index in [9.17, 15) is 4.79 Å². The first-order chi connectivity index (χ1) is 5.15. The van der Waals surface area contributed by atoms with E-state index in [1.54, 1.807) is 6.92 Å². The van der Waals surface area contributed by atoms with Crippen molar-refractivity contribution in [2.24, 2.45) is 5.92 Å². The van der Waals surface area contributed by atoms with Gasteiger partial charge >= 0.3 is 5.97 Å². The molecule has 1 aliphatic rings. The molecule has 0 saturated carbocycles. The molecule has 0 amide bonds. The van der Waals surface area contributed by atoms with Crippen LogP contribution in [0, 0.1) is 5.92 Å². The lowest BCUT2D eigenvalue weighted by Gasteiger charge is -2.41. The van der Waals surface area contributed by atoms with Crippen molar-refractivity contribution in [2.75, 3.05) is 13.1 Å². The maximum Gasteiger partial charge on any atom is 0.320 e. The smallest absolute Gasteiger partial charge is 0.320 e. The predicted molar refractivity (Wildman–Crippen MR) is 42.5 cm³/mol. The molecule has 1 rings (SSSR count). The van der Waals surface area contributed by atoms with Gasteiger partial charge in [-0.2, -0.15) is 0 Å². The van der Waals surface area contributed by atoms with E-state index < -0.39 is 5.97 Å². The van der Waals surface area contributed by atoms with Crippen molar-refractivity contribution in [3.8, 4) is 0 Å². The van der Waals surface area contributed by atoms with Crippen molar-refractivity contribution in [2.45, 2.75) is 26.3 Å². The number of aliphatic carboxylic acids is 1. The van der Waals surface area contributed by atoms with Crippen LogP contribution in [0.25, 0.3) is 0 Å². The summed E-state index contributed by atoms with van der Waals surface area (Å²) in [6.45, 7) is 5.82. The largest absolute Gasteiger partial charge is 0.480 e. The number of carbonyl (C=O) groups is 1. The molecule has 0 aromatic heterocycles. The minimum Gasteiger partial charge on any atom is -0.480 e. The molecule has 64 valence electrons. The molecule has 3 nitrogen and oxygen atoms in total. The van der Waals surface area contributed by atoms with Gasteiger partial charge < -0.3 is 5.11 Å². The van der Waals surface area contributed by atoms with Crippen molar-refractivity contribution in [1.82, 2.24) is 4.90 Å². The Hall–Kier alpha value is -0.570. The monoisotopic (exact) mass is 157 g/mol. The molecule has 1 unspecified atom stereocenters. The highest BCUT2D eigenvalue weighted by Crippen LogP contribution is 2.20. The van der Waals surface area contributed by atoms with Crippen molar-refractivity contribution in [3.63, 3.8) is 0 Å². The van der Waals surface area contributed by atoms with Gasteiger partial charge in [-0.3, -0.25) is 9.69 Å². The molecule has 1 aliphatic heterocycles. The van der Waals surface area contributed by atoms with Gasteiger partial charge in [-0.1, -0.05) is 13.3 Å². The Kier molecular flexibility index (Phi) is 2.49. The molecule has 1 heterocycles. The summed E-state index contributed by atoms with van der Waals surface area (Å²) in [6, 6.07) is -0.294. The molecule has 0 aromatic rings. The van der Waals surface area contributed by atoms with Gasteiger partial charge in [0.15, 0.2) is 0 Å². The van der Waals surface area contributed by atoms with E-state index in [-0.39, 0.29) is 6.04 Å². The lowest BCUT2D eigenvalue weighted by molar-refractivity contribution is -0.145. The van der Waals surface area contributed by atoms with Gasteiger partial charge in [0, 0.05) is 13.1 Å². The summed E-state index contributed by atoms with van der Waals surface area (Å²) < 4.78 is 0. The normalized spacial score (nSPS) is 22.7. The van der Waals surface area contributed by atoms with E-state index in [0.717, 1.165) is 19.0 Å². The highest BCUT2D eigenvalue weighted by molar-refractivity contribution is 5.73. The zero-order valence-electron chi connectivity index (χ0n) is 7.08. The van der Waals surface area contributed by atoms with Gasteiger partial charge in [-0.15, -0.1) is 0 Å². The fraction of sp³-hybridized carbons (Fsp3) is 0.875. The maximum atomic E-state index is 10.5. The van der Waals surface area contributed by atoms with E-state index in [4.69, 9.17) is 5.11 Å². The molecule has 1 saturated heterocycles. The molecule has 1 fully saturated rings. The Morgan fingerprint density at radius 1 is 1.73 bits per heavy atom. The minimum atomic E-state index is -0.709. The van der Waals surface area contributed by atoms with Crippen molar-refractivity contribution < 1.29 is 9.90 Å². The first-order valence-corrected chi connectivity index (χ1v) is 4.12. The standard InChI is InChI=1S/C8H15NO2/c1-3-7-4-9(5-7)6(2)8(10)11/h6-7H,3-5H2,1-2H3,(H,10,11). The highest BCUT2D eigenvalue weighted by atomic mass is 16.4. The van der Waals surface area contributed by atoms with Crippen molar-refractivity contribution >= 4 is 5.97 Å². The lowest BCUT2D eigenvalue weighted by Crippen LogP contribution is -2.53. The van der Waals surface area contributed by atoms with E-state index in [1.165, 1.54) is 6.42 Å². The lowest BCUT2D eigenvalue weighted by atomic mass is 9.95. The molecule has 0 radical (unpaired) electrons. The van der Waals surface area contributed by atoms with Gasteiger partial charge in [-0.25, -0.2) is 0 Å². The Morgan fingerprint density at radius 3 is 2.64 bits per heavy atom. The average Bonchev–Trinajstić information content (AvgIpc) is 1.85. The van der Waals surface area contributed by atoms with Gasteiger partial charge in [-0.05, 0) is 12.8 Å². The maximum absolute atomic E-state index is 10.5. The SMILES string of the molecule is CCC1CN(C(C)C(=O)O)C1. The molecule has 0 spiro atoms. The van der Waals surface area contributed by atoms with E-state index in [1.807, 2.05) is 4.90 Å². The highest BCUT2D eigenvalue weighted by Gasteiger charge is 2.31. The molecule has 0 aromatic carbocycles. The fourth-order valence-electron chi connectivity index (χ4n) is 1.34. The minimum absolute atomic E-state index is 0.294. The van der Waals surface area contributed by atoms with Crippen LogP contribution in [0.1, 0.15) is 20.3 Å². The van der Waals surface area contributed by atoms with Crippen molar-refractivity contribution in [3.05, 3.63) is 0 Å². The molecule has 1 N–H and O–H groups in total. The summed E-state index contributed by atoms with van der Waals surface area (Å²) >= 11 is 0. The Bertz CT molecular complexity index is 152. The number of carboxylic acid groups (broad SMARTS) is 1. The van der Waals surface area contributed by atoms with Crippen LogP contribution in [0.5, 0.6) is 0 Å². The van der Waals surface area contributed by atoms with E-state index in [2.05, 4.69) is 6.92 Å². The third-order valence-electron chi connectivity index (χ3n) is 2.47. The summed E-state index contributed by atoms with van der Waals surface area (Å²) in [7, 11) is 0. The number of nitrogens with zero attached hydrogens (tertiary/aromatic N) is 1. The number of hydrogen-bond acceptors (Lipinski definition) is 2. The summed E-state index contributed by atoms with van der Waals surface area (Å²) in [5.41, 5.74) is 0. The number of likely N-dealkylation sites (tertiary alicyclic amines) is 1. The van der Waals surface area contributed by atoms with Gasteiger partial charge in [0.1, 0.15) is 6.04 Å². The molecule has 1 atom stereocenters. The Labute approximate surface area is 67.0 Å². The third kappa shape index (κ3) is 1.71. The zero-order chi connectivity index (χ0) is 8.43. The number of carboxylic acids is 1. The molecule has 11 heavy (non-hydrogen) atoms. The quantitative estimate of drug-likeness (QED) is 0.658. The average molecular weight is 157 g/mol. The van der Waals surface area contributed by atoms with Crippen LogP contribution >= 0.6 is 0 Å². The van der Waals surface area contributed by atoms with Crippen LogP contribution in [-0.2, 0) is 4.79 Å². The first-order valence-electron chi connectivity index (χ1n) is 4.12. The summed E-state index contributed by atoms with van der Waals surface area (Å²) in [5, 5.41) is 8.63. The Morgan fingerprint density at radius 2 is 2.27 bits per heavy atom. The van der Waals surface area contributed by atoms with Crippen LogP contribution in [0.3, 0.4) is 0 Å². The second-order valence-electron chi connectivity index (χ2n) is 3.24. The second-order valence-corrected chi connectivity index (χ2v) is 3.24. The fourth-order valence-corrected chi connectivity index (χ4v) is 1.34. The molecular weight excluding hydrogens is 142 g/mol. The molecule has 0 bridgehead atoms. The molecule has 3 heteroatoms.